The van der Waals surface area contributed by atoms with Crippen LogP contribution in [-0.4, -0.2) is 48.2 Å². The summed E-state index contributed by atoms with van der Waals surface area (Å²) in [5, 5.41) is 0. The Kier molecular flexibility index (Phi) is 5.94. The van der Waals surface area contributed by atoms with E-state index in [1.54, 1.807) is 16.7 Å². The highest BCUT2D eigenvalue weighted by atomic mass is 32.2. The molecule has 2 aromatic rings. The number of nitrogens with zero attached hydrogens (tertiary/aromatic N) is 3. The molecule has 0 radical (unpaired) electrons. The number of carbonyl (C=O) groups excluding carboxylic acids is 1. The van der Waals surface area contributed by atoms with Gasteiger partial charge in [0.05, 0.1) is 5.56 Å². The third-order valence-electron chi connectivity index (χ3n) is 4.45. The lowest BCUT2D eigenvalue weighted by molar-refractivity contribution is -0.137. The zero-order chi connectivity index (χ0) is 19.4. The first kappa shape index (κ1) is 19.5. The Labute approximate surface area is 160 Å². The molecule has 1 aromatic carbocycles. The molecule has 27 heavy (non-hydrogen) atoms. The number of halogens is 3. The molecule has 1 aromatic heterocycles. The molecule has 144 valence electrons. The maximum atomic E-state index is 12.7. The number of thioether (sulfide) groups is 1. The summed E-state index contributed by atoms with van der Waals surface area (Å²) in [4.78, 5) is 20.3. The fourth-order valence-electron chi connectivity index (χ4n) is 3.02. The predicted octanol–water partition coefficient (Wildman–Crippen LogP) is 3.93. The van der Waals surface area contributed by atoms with Gasteiger partial charge in [-0.2, -0.15) is 24.9 Å². The molecule has 0 spiro atoms. The summed E-state index contributed by atoms with van der Waals surface area (Å²) in [5.74, 6) is 1.34. The molecule has 3 rings (SSSR count). The smallest absolute Gasteiger partial charge is 0.353 e. The Morgan fingerprint density at radius 1 is 1.15 bits per heavy atom. The molecule has 0 bridgehead atoms. The van der Waals surface area contributed by atoms with Crippen molar-refractivity contribution >= 4 is 23.5 Å². The number of benzene rings is 1. The summed E-state index contributed by atoms with van der Waals surface area (Å²) in [6, 6.07) is 10.0. The van der Waals surface area contributed by atoms with E-state index < -0.39 is 11.7 Å². The van der Waals surface area contributed by atoms with Crippen molar-refractivity contribution in [3.05, 3.63) is 59.3 Å². The molecule has 1 aliphatic heterocycles. The van der Waals surface area contributed by atoms with Crippen molar-refractivity contribution in [3.63, 3.8) is 0 Å². The van der Waals surface area contributed by atoms with Crippen LogP contribution in [0.15, 0.2) is 42.6 Å². The molecule has 0 N–H and O–H groups in total. The number of hydrogen-bond donors (Lipinski definition) is 0. The lowest BCUT2D eigenvalue weighted by atomic mass is 10.1. The third-order valence-corrected chi connectivity index (χ3v) is 5.07. The van der Waals surface area contributed by atoms with Crippen LogP contribution in [0.2, 0.25) is 0 Å². The summed E-state index contributed by atoms with van der Waals surface area (Å²) in [7, 11) is 0. The first-order valence-corrected chi connectivity index (χ1v) is 9.93. The lowest BCUT2D eigenvalue weighted by Gasteiger charge is -2.35. The van der Waals surface area contributed by atoms with Crippen LogP contribution in [0.5, 0.6) is 0 Å². The van der Waals surface area contributed by atoms with Crippen molar-refractivity contribution in [3.8, 4) is 0 Å². The Morgan fingerprint density at radius 3 is 2.48 bits per heavy atom. The highest BCUT2D eigenvalue weighted by molar-refractivity contribution is 7.97. The molecule has 0 aliphatic carbocycles. The summed E-state index contributed by atoms with van der Waals surface area (Å²) in [6.07, 6.45) is -1.52. The quantitative estimate of drug-likeness (QED) is 0.786. The van der Waals surface area contributed by atoms with Gasteiger partial charge < -0.3 is 9.80 Å². The van der Waals surface area contributed by atoms with Gasteiger partial charge in [0.15, 0.2) is 0 Å². The molecule has 1 fully saturated rings. The standard InChI is InChI=1S/C19H20F3N3OS/c1-27-13-14-3-2-4-15(11-14)18(26)25-9-7-24(8-10-25)17-6-5-16(12-23-17)19(20,21)22/h2-6,11-12H,7-10,13H2,1H3. The van der Waals surface area contributed by atoms with Gasteiger partial charge in [-0.1, -0.05) is 12.1 Å². The molecule has 2 heterocycles. The second kappa shape index (κ2) is 8.21. The highest BCUT2D eigenvalue weighted by Gasteiger charge is 2.31. The van der Waals surface area contributed by atoms with E-state index in [0.717, 1.165) is 23.6 Å². The van der Waals surface area contributed by atoms with Crippen LogP contribution in [0.25, 0.3) is 0 Å². The van der Waals surface area contributed by atoms with Gasteiger partial charge >= 0.3 is 6.18 Å². The van der Waals surface area contributed by atoms with Gasteiger partial charge in [-0.05, 0) is 36.1 Å². The van der Waals surface area contributed by atoms with E-state index in [-0.39, 0.29) is 5.91 Å². The number of anilines is 1. The van der Waals surface area contributed by atoms with Crippen molar-refractivity contribution in [1.29, 1.82) is 0 Å². The molecule has 0 unspecified atom stereocenters. The van der Waals surface area contributed by atoms with Gasteiger partial charge in [-0.3, -0.25) is 4.79 Å². The van der Waals surface area contributed by atoms with E-state index >= 15 is 0 Å². The second-order valence-corrected chi connectivity index (χ2v) is 7.18. The highest BCUT2D eigenvalue weighted by Crippen LogP contribution is 2.29. The summed E-state index contributed by atoms with van der Waals surface area (Å²) < 4.78 is 37.9. The van der Waals surface area contributed by atoms with Crippen LogP contribution < -0.4 is 4.90 Å². The van der Waals surface area contributed by atoms with E-state index in [2.05, 4.69) is 4.98 Å². The fourth-order valence-corrected chi connectivity index (χ4v) is 3.54. The van der Waals surface area contributed by atoms with Crippen molar-refractivity contribution in [2.75, 3.05) is 37.3 Å². The van der Waals surface area contributed by atoms with Crippen LogP contribution in [0.3, 0.4) is 0 Å². The largest absolute Gasteiger partial charge is 0.417 e. The number of alkyl halides is 3. The predicted molar refractivity (Wildman–Crippen MR) is 101 cm³/mol. The minimum absolute atomic E-state index is 0.0158. The fraction of sp³-hybridized carbons (Fsp3) is 0.368. The summed E-state index contributed by atoms with van der Waals surface area (Å²) in [5.41, 5.74) is 1.02. The van der Waals surface area contributed by atoms with Crippen molar-refractivity contribution < 1.29 is 18.0 Å². The zero-order valence-corrected chi connectivity index (χ0v) is 15.7. The van der Waals surface area contributed by atoms with Crippen LogP contribution in [0, 0.1) is 0 Å². The molecule has 1 aliphatic rings. The van der Waals surface area contributed by atoms with E-state index in [1.165, 1.54) is 6.07 Å². The zero-order valence-electron chi connectivity index (χ0n) is 14.9. The van der Waals surface area contributed by atoms with Gasteiger partial charge in [0.2, 0.25) is 0 Å². The molecule has 4 nitrogen and oxygen atoms in total. The van der Waals surface area contributed by atoms with Crippen molar-refractivity contribution in [1.82, 2.24) is 9.88 Å². The second-order valence-electron chi connectivity index (χ2n) is 6.32. The van der Waals surface area contributed by atoms with Crippen molar-refractivity contribution in [2.24, 2.45) is 0 Å². The van der Waals surface area contributed by atoms with Gasteiger partial charge in [0.1, 0.15) is 5.82 Å². The van der Waals surface area contributed by atoms with Gasteiger partial charge in [0, 0.05) is 43.7 Å². The molecular weight excluding hydrogens is 375 g/mol. The van der Waals surface area contributed by atoms with Gasteiger partial charge in [-0.15, -0.1) is 0 Å². The minimum atomic E-state index is -4.39. The monoisotopic (exact) mass is 395 g/mol. The Balaban J connectivity index is 1.61. The molecule has 0 saturated carbocycles. The van der Waals surface area contributed by atoms with Gasteiger partial charge in [0.25, 0.3) is 5.91 Å². The number of amides is 1. The molecular formula is C19H20F3N3OS. The SMILES string of the molecule is CSCc1cccc(C(=O)N2CCN(c3ccc(C(F)(F)F)cn3)CC2)c1. The number of aromatic nitrogens is 1. The number of carbonyl (C=O) groups is 1. The van der Waals surface area contributed by atoms with E-state index in [4.69, 9.17) is 0 Å². The lowest BCUT2D eigenvalue weighted by Crippen LogP contribution is -2.49. The molecule has 0 atom stereocenters. The average molecular weight is 395 g/mol. The van der Waals surface area contributed by atoms with Crippen LogP contribution in [0.4, 0.5) is 19.0 Å². The van der Waals surface area contributed by atoms with E-state index in [0.29, 0.717) is 37.6 Å². The number of hydrogen-bond acceptors (Lipinski definition) is 4. The average Bonchev–Trinajstić information content (AvgIpc) is 2.67. The van der Waals surface area contributed by atoms with Crippen LogP contribution in [-0.2, 0) is 11.9 Å². The third kappa shape index (κ3) is 4.74. The minimum Gasteiger partial charge on any atom is -0.353 e. The number of pyridine rings is 1. The first-order chi connectivity index (χ1) is 12.9. The van der Waals surface area contributed by atoms with Crippen molar-refractivity contribution in [2.45, 2.75) is 11.9 Å². The first-order valence-electron chi connectivity index (χ1n) is 8.54. The Bertz CT molecular complexity index is 788. The van der Waals surface area contributed by atoms with Gasteiger partial charge in [-0.25, -0.2) is 4.98 Å². The molecule has 8 heteroatoms. The summed E-state index contributed by atoms with van der Waals surface area (Å²) >= 11 is 1.70. The Hall–Kier alpha value is -2.22. The number of rotatable bonds is 4. The maximum Gasteiger partial charge on any atom is 0.417 e. The topological polar surface area (TPSA) is 36.4 Å². The Morgan fingerprint density at radius 2 is 1.89 bits per heavy atom. The van der Waals surface area contributed by atoms with E-state index in [1.807, 2.05) is 35.4 Å². The van der Waals surface area contributed by atoms with E-state index in [9.17, 15) is 18.0 Å². The van der Waals surface area contributed by atoms with Crippen LogP contribution in [0.1, 0.15) is 21.5 Å². The number of piperazine rings is 1. The van der Waals surface area contributed by atoms with Crippen LogP contribution >= 0.6 is 11.8 Å². The normalized spacial score (nSPS) is 15.1. The molecule has 1 amide bonds. The maximum absolute atomic E-state index is 12.7. The molecule has 1 saturated heterocycles. The summed E-state index contributed by atoms with van der Waals surface area (Å²) in [6.45, 7) is 2.09.